The van der Waals surface area contributed by atoms with E-state index in [-0.39, 0.29) is 41.6 Å². The number of carbonyl (C=O) groups excluding carboxylic acids is 2. The maximum atomic E-state index is 12.6. The zero-order chi connectivity index (χ0) is 18.6. The minimum absolute atomic E-state index is 0.184. The topological polar surface area (TPSA) is 95.6 Å². The molecule has 0 aliphatic carbocycles. The Morgan fingerprint density at radius 2 is 1.68 bits per heavy atom. The van der Waals surface area contributed by atoms with Crippen LogP contribution in [-0.2, 0) is 19.6 Å². The highest BCUT2D eigenvalue weighted by atomic mass is 35.5. The van der Waals surface area contributed by atoms with Crippen molar-refractivity contribution in [2.45, 2.75) is 31.6 Å². The number of carbonyl (C=O) groups is 2. The zero-order valence-electron chi connectivity index (χ0n) is 14.2. The number of piperidine rings is 1. The fourth-order valence-electron chi connectivity index (χ4n) is 2.48. The Bertz CT molecular complexity index is 726. The van der Waals surface area contributed by atoms with Crippen LogP contribution >= 0.6 is 11.6 Å². The second-order valence-corrected chi connectivity index (χ2v) is 8.64. The molecule has 0 saturated carbocycles. The third-order valence-corrected chi connectivity index (χ3v) is 6.27. The van der Waals surface area contributed by atoms with Gasteiger partial charge in [-0.25, -0.2) is 8.42 Å². The molecule has 0 bridgehead atoms. The number of sulfonamides is 1. The smallest absolute Gasteiger partial charge is 0.243 e. The summed E-state index contributed by atoms with van der Waals surface area (Å²) in [5, 5.41) is 0.470. The van der Waals surface area contributed by atoms with Crippen LogP contribution in [-0.4, -0.2) is 37.6 Å². The van der Waals surface area contributed by atoms with Gasteiger partial charge in [0, 0.05) is 29.9 Å². The molecule has 1 aromatic carbocycles. The third kappa shape index (κ3) is 4.93. The predicted octanol–water partition coefficient (Wildman–Crippen LogP) is 1.54. The SMILES string of the molecule is CC(C)C(=O)NNC(=O)C1CCN(S(=O)(=O)c2ccc(Cl)cc2)CC1. The molecule has 1 saturated heterocycles. The highest BCUT2D eigenvalue weighted by Crippen LogP contribution is 2.24. The summed E-state index contributed by atoms with van der Waals surface area (Å²) in [6, 6.07) is 6.01. The van der Waals surface area contributed by atoms with Crippen molar-refractivity contribution in [2.75, 3.05) is 13.1 Å². The van der Waals surface area contributed by atoms with Gasteiger partial charge in [0.1, 0.15) is 0 Å². The van der Waals surface area contributed by atoms with Crippen LogP contribution in [0.1, 0.15) is 26.7 Å². The molecule has 1 aliphatic heterocycles. The van der Waals surface area contributed by atoms with Crippen LogP contribution in [0.3, 0.4) is 0 Å². The minimum Gasteiger partial charge on any atom is -0.273 e. The lowest BCUT2D eigenvalue weighted by atomic mass is 9.98. The molecule has 1 heterocycles. The molecule has 2 amide bonds. The van der Waals surface area contributed by atoms with Gasteiger partial charge in [-0.3, -0.25) is 20.4 Å². The lowest BCUT2D eigenvalue weighted by Gasteiger charge is -2.30. The quantitative estimate of drug-likeness (QED) is 0.766. The molecule has 0 aromatic heterocycles. The van der Waals surface area contributed by atoms with E-state index in [0.29, 0.717) is 17.9 Å². The Kier molecular flexibility index (Phi) is 6.42. The van der Waals surface area contributed by atoms with Crippen molar-refractivity contribution in [3.05, 3.63) is 29.3 Å². The zero-order valence-corrected chi connectivity index (χ0v) is 15.7. The van der Waals surface area contributed by atoms with Crippen molar-refractivity contribution in [1.82, 2.24) is 15.2 Å². The summed E-state index contributed by atoms with van der Waals surface area (Å²) >= 11 is 5.79. The standard InChI is InChI=1S/C16H22ClN3O4S/c1-11(2)15(21)18-19-16(22)12-7-9-20(10-8-12)25(23,24)14-5-3-13(17)4-6-14/h3-6,11-12H,7-10H2,1-2H3,(H,18,21)(H,19,22). The third-order valence-electron chi connectivity index (χ3n) is 4.11. The fourth-order valence-corrected chi connectivity index (χ4v) is 4.08. The average molecular weight is 388 g/mol. The fraction of sp³-hybridized carbons (Fsp3) is 0.500. The Hall–Kier alpha value is -1.64. The first-order valence-corrected chi connectivity index (χ1v) is 9.89. The van der Waals surface area contributed by atoms with Gasteiger partial charge in [0.2, 0.25) is 21.8 Å². The second-order valence-electron chi connectivity index (χ2n) is 6.27. The summed E-state index contributed by atoms with van der Waals surface area (Å²) in [5.41, 5.74) is 4.77. The van der Waals surface area contributed by atoms with Crippen molar-refractivity contribution in [1.29, 1.82) is 0 Å². The molecule has 0 radical (unpaired) electrons. The molecule has 1 aromatic rings. The number of amides is 2. The summed E-state index contributed by atoms with van der Waals surface area (Å²) in [7, 11) is -3.59. The van der Waals surface area contributed by atoms with Crippen LogP contribution in [0.15, 0.2) is 29.2 Å². The number of benzene rings is 1. The van der Waals surface area contributed by atoms with Gasteiger partial charge in [-0.15, -0.1) is 0 Å². The summed E-state index contributed by atoms with van der Waals surface area (Å²) < 4.78 is 26.5. The number of hydrogen-bond acceptors (Lipinski definition) is 4. The van der Waals surface area contributed by atoms with Crippen LogP contribution in [0.25, 0.3) is 0 Å². The van der Waals surface area contributed by atoms with Gasteiger partial charge in [0.15, 0.2) is 0 Å². The van der Waals surface area contributed by atoms with Gasteiger partial charge in [0.25, 0.3) is 0 Å². The molecule has 0 spiro atoms. The number of nitrogens with one attached hydrogen (secondary N) is 2. The summed E-state index contributed by atoms with van der Waals surface area (Å²) in [4.78, 5) is 23.7. The van der Waals surface area contributed by atoms with Gasteiger partial charge >= 0.3 is 0 Å². The predicted molar refractivity (Wildman–Crippen MR) is 94.1 cm³/mol. The number of nitrogens with zero attached hydrogens (tertiary/aromatic N) is 1. The molecule has 9 heteroatoms. The molecule has 0 unspecified atom stereocenters. The summed E-state index contributed by atoms with van der Waals surface area (Å²) in [5.74, 6) is -1.12. The molecule has 2 rings (SSSR count). The first-order valence-electron chi connectivity index (χ1n) is 8.07. The van der Waals surface area contributed by atoms with Crippen molar-refractivity contribution in [2.24, 2.45) is 11.8 Å². The van der Waals surface area contributed by atoms with Crippen LogP contribution in [0.4, 0.5) is 0 Å². The Balaban J connectivity index is 1.91. The van der Waals surface area contributed by atoms with Gasteiger partial charge < -0.3 is 0 Å². The highest BCUT2D eigenvalue weighted by Gasteiger charge is 2.32. The van der Waals surface area contributed by atoms with Gasteiger partial charge in [-0.2, -0.15) is 4.31 Å². The minimum atomic E-state index is -3.59. The Labute approximate surface area is 152 Å². The Morgan fingerprint density at radius 1 is 1.12 bits per heavy atom. The highest BCUT2D eigenvalue weighted by molar-refractivity contribution is 7.89. The molecule has 0 atom stereocenters. The first kappa shape index (κ1) is 19.7. The van der Waals surface area contributed by atoms with Crippen LogP contribution < -0.4 is 10.9 Å². The van der Waals surface area contributed by atoms with Crippen molar-refractivity contribution < 1.29 is 18.0 Å². The average Bonchev–Trinajstić information content (AvgIpc) is 2.59. The van der Waals surface area contributed by atoms with Crippen molar-refractivity contribution in [3.8, 4) is 0 Å². The number of hydrogen-bond donors (Lipinski definition) is 2. The van der Waals surface area contributed by atoms with E-state index in [0.717, 1.165) is 0 Å². The molecule has 7 nitrogen and oxygen atoms in total. The lowest BCUT2D eigenvalue weighted by molar-refractivity contribution is -0.133. The largest absolute Gasteiger partial charge is 0.273 e. The number of rotatable bonds is 4. The summed E-state index contributed by atoms with van der Waals surface area (Å²) in [6.07, 6.45) is 0.798. The molecule has 25 heavy (non-hydrogen) atoms. The van der Waals surface area contributed by atoms with Crippen LogP contribution in [0, 0.1) is 11.8 Å². The van der Waals surface area contributed by atoms with Gasteiger partial charge in [0.05, 0.1) is 4.90 Å². The number of halogens is 1. The maximum Gasteiger partial charge on any atom is 0.243 e. The molecule has 2 N–H and O–H groups in total. The molecule has 1 aliphatic rings. The van der Waals surface area contributed by atoms with Crippen molar-refractivity contribution >= 4 is 33.4 Å². The Morgan fingerprint density at radius 3 is 2.20 bits per heavy atom. The lowest BCUT2D eigenvalue weighted by Crippen LogP contribution is -2.49. The van der Waals surface area contributed by atoms with Crippen LogP contribution in [0.5, 0.6) is 0 Å². The second kappa shape index (κ2) is 8.16. The van der Waals surface area contributed by atoms with E-state index in [1.165, 1.54) is 28.6 Å². The molecular weight excluding hydrogens is 366 g/mol. The first-order chi connectivity index (χ1) is 11.7. The van der Waals surface area contributed by atoms with E-state index in [1.54, 1.807) is 13.8 Å². The molecular formula is C16H22ClN3O4S. The van der Waals surface area contributed by atoms with E-state index in [1.807, 2.05) is 0 Å². The molecule has 138 valence electrons. The van der Waals surface area contributed by atoms with E-state index in [4.69, 9.17) is 11.6 Å². The van der Waals surface area contributed by atoms with E-state index < -0.39 is 10.0 Å². The molecule has 1 fully saturated rings. The summed E-state index contributed by atoms with van der Waals surface area (Å²) in [6.45, 7) is 3.95. The van der Waals surface area contributed by atoms with E-state index in [2.05, 4.69) is 10.9 Å². The van der Waals surface area contributed by atoms with E-state index >= 15 is 0 Å². The van der Waals surface area contributed by atoms with E-state index in [9.17, 15) is 18.0 Å². The van der Waals surface area contributed by atoms with Crippen LogP contribution in [0.2, 0.25) is 5.02 Å². The normalized spacial score (nSPS) is 16.6. The van der Waals surface area contributed by atoms with Crippen molar-refractivity contribution in [3.63, 3.8) is 0 Å². The van der Waals surface area contributed by atoms with Gasteiger partial charge in [-0.1, -0.05) is 25.4 Å². The van der Waals surface area contributed by atoms with Gasteiger partial charge in [-0.05, 0) is 37.1 Å². The monoisotopic (exact) mass is 387 g/mol. The number of hydrazine groups is 1. The maximum absolute atomic E-state index is 12.6.